The molecule has 11 nitrogen and oxygen atoms in total. The largest absolute Gasteiger partial charge is 0.493 e. The third-order valence-electron chi connectivity index (χ3n) is 7.68. The number of nitrogens with zero attached hydrogens (tertiary/aromatic N) is 2. The summed E-state index contributed by atoms with van der Waals surface area (Å²) in [6.45, 7) is 14.6. The molecule has 0 aliphatic heterocycles. The van der Waals surface area contributed by atoms with Crippen molar-refractivity contribution in [3.05, 3.63) is 98.7 Å². The van der Waals surface area contributed by atoms with E-state index < -0.39 is 29.8 Å². The lowest BCUT2D eigenvalue weighted by Gasteiger charge is -2.34. The molecule has 0 aromatic heterocycles. The molecule has 0 aliphatic rings. The van der Waals surface area contributed by atoms with Gasteiger partial charge < -0.3 is 35.5 Å². The number of methoxy groups -OCH3 is 2. The van der Waals surface area contributed by atoms with Crippen LogP contribution in [0.1, 0.15) is 65.9 Å². The van der Waals surface area contributed by atoms with Crippen molar-refractivity contribution in [2.75, 3.05) is 14.2 Å². The number of amides is 3. The molecule has 3 amide bonds. The van der Waals surface area contributed by atoms with E-state index in [2.05, 4.69) is 38.3 Å². The van der Waals surface area contributed by atoms with E-state index in [1.54, 1.807) is 70.4 Å². The SMILES string of the molecule is C=N/C(=C\NC(C)N(Cc1ccc(OC)c(OC)c1)C(=O)[C@H](Cc1c(C)cc(C(N)=O)cc1C)NC(=O)OC(C)(C)C)c1cccc(Br)c1. The first kappa shape index (κ1) is 38.6. The van der Waals surface area contributed by atoms with Crippen LogP contribution in [-0.2, 0) is 22.5 Å². The topological polar surface area (TPSA) is 145 Å². The summed E-state index contributed by atoms with van der Waals surface area (Å²) >= 11 is 3.49. The average Bonchev–Trinajstić information content (AvgIpc) is 3.03. The maximum absolute atomic E-state index is 14.7. The molecule has 0 aliphatic carbocycles. The summed E-state index contributed by atoms with van der Waals surface area (Å²) in [5, 5.41) is 6.12. The normalized spacial score (nSPS) is 12.7. The Hall–Kier alpha value is -4.84. The van der Waals surface area contributed by atoms with Gasteiger partial charge in [0.1, 0.15) is 11.6 Å². The van der Waals surface area contributed by atoms with Crippen LogP contribution in [-0.4, -0.2) is 61.6 Å². The van der Waals surface area contributed by atoms with Crippen molar-refractivity contribution >= 4 is 46.3 Å². The number of primary amides is 1. The summed E-state index contributed by atoms with van der Waals surface area (Å²) < 4.78 is 17.4. The van der Waals surface area contributed by atoms with E-state index in [9.17, 15) is 14.4 Å². The van der Waals surface area contributed by atoms with Crippen molar-refractivity contribution < 1.29 is 28.6 Å². The van der Waals surface area contributed by atoms with Crippen LogP contribution < -0.4 is 25.8 Å². The molecule has 0 bridgehead atoms. The predicted molar refractivity (Wildman–Crippen MR) is 196 cm³/mol. The molecule has 262 valence electrons. The first-order chi connectivity index (χ1) is 23.1. The van der Waals surface area contributed by atoms with E-state index >= 15 is 0 Å². The van der Waals surface area contributed by atoms with Crippen LogP contribution in [0, 0.1) is 13.8 Å². The van der Waals surface area contributed by atoms with Crippen molar-refractivity contribution in [2.24, 2.45) is 10.7 Å². The number of aliphatic imine (C=N–C) groups is 1. The third kappa shape index (κ3) is 10.8. The van der Waals surface area contributed by atoms with E-state index in [1.165, 1.54) is 0 Å². The van der Waals surface area contributed by atoms with E-state index in [0.29, 0.717) is 22.8 Å². The van der Waals surface area contributed by atoms with Gasteiger partial charge in [0.05, 0.1) is 26.1 Å². The molecule has 49 heavy (non-hydrogen) atoms. The number of nitrogens with one attached hydrogen (secondary N) is 2. The number of rotatable bonds is 14. The molecular formula is C37H46BrN5O6. The number of halogens is 1. The van der Waals surface area contributed by atoms with E-state index in [4.69, 9.17) is 19.9 Å². The highest BCUT2D eigenvalue weighted by Crippen LogP contribution is 2.29. The van der Waals surface area contributed by atoms with Crippen LogP contribution in [0.25, 0.3) is 5.70 Å². The van der Waals surface area contributed by atoms with Crippen LogP contribution >= 0.6 is 15.9 Å². The fourth-order valence-corrected chi connectivity index (χ4v) is 5.65. The average molecular weight is 737 g/mol. The van der Waals surface area contributed by atoms with E-state index in [1.807, 2.05) is 51.1 Å². The maximum atomic E-state index is 14.7. The van der Waals surface area contributed by atoms with Gasteiger partial charge in [0.15, 0.2) is 11.5 Å². The molecule has 0 spiro atoms. The number of benzene rings is 3. The molecule has 3 aromatic rings. The summed E-state index contributed by atoms with van der Waals surface area (Å²) in [6, 6.07) is 15.3. The Kier molecular flexibility index (Phi) is 13.4. The lowest BCUT2D eigenvalue weighted by atomic mass is 9.93. The highest BCUT2D eigenvalue weighted by molar-refractivity contribution is 9.10. The molecule has 0 heterocycles. The van der Waals surface area contributed by atoms with Gasteiger partial charge in [0, 0.05) is 34.8 Å². The molecule has 3 rings (SSSR count). The monoisotopic (exact) mass is 735 g/mol. The van der Waals surface area contributed by atoms with Gasteiger partial charge in [-0.1, -0.05) is 34.1 Å². The first-order valence-electron chi connectivity index (χ1n) is 15.7. The van der Waals surface area contributed by atoms with Crippen molar-refractivity contribution in [2.45, 2.75) is 72.3 Å². The van der Waals surface area contributed by atoms with Gasteiger partial charge in [-0.25, -0.2) is 4.79 Å². The minimum absolute atomic E-state index is 0.122. The Labute approximate surface area is 297 Å². The Balaban J connectivity index is 2.10. The smallest absolute Gasteiger partial charge is 0.408 e. The molecule has 1 unspecified atom stereocenters. The van der Waals surface area contributed by atoms with Crippen LogP contribution in [0.5, 0.6) is 11.5 Å². The summed E-state index contributed by atoms with van der Waals surface area (Å²) in [6.07, 6.45) is 0.472. The van der Waals surface area contributed by atoms with Gasteiger partial charge in [0.2, 0.25) is 11.8 Å². The maximum Gasteiger partial charge on any atom is 0.408 e. The minimum atomic E-state index is -1.05. The number of hydrogen-bond acceptors (Lipinski definition) is 8. The molecule has 3 aromatic carbocycles. The van der Waals surface area contributed by atoms with Crippen molar-refractivity contribution in [1.82, 2.24) is 15.5 Å². The van der Waals surface area contributed by atoms with Gasteiger partial charge in [-0.15, -0.1) is 0 Å². The Morgan fingerprint density at radius 3 is 2.20 bits per heavy atom. The molecule has 0 fully saturated rings. The zero-order valence-electron chi connectivity index (χ0n) is 29.3. The van der Waals surface area contributed by atoms with Gasteiger partial charge >= 0.3 is 6.09 Å². The quantitative estimate of drug-likeness (QED) is 0.131. The highest BCUT2D eigenvalue weighted by atomic mass is 79.9. The number of alkyl carbamates (subject to hydrolysis) is 1. The van der Waals surface area contributed by atoms with E-state index in [-0.39, 0.29) is 18.9 Å². The Bertz CT molecular complexity index is 1690. The molecule has 12 heteroatoms. The number of nitrogens with two attached hydrogens (primary N) is 1. The van der Waals surface area contributed by atoms with Gasteiger partial charge in [-0.3, -0.25) is 14.6 Å². The zero-order chi connectivity index (χ0) is 36.5. The van der Waals surface area contributed by atoms with Crippen LogP contribution in [0.4, 0.5) is 4.79 Å². The number of aryl methyl sites for hydroxylation is 2. The summed E-state index contributed by atoms with van der Waals surface area (Å²) in [5.41, 5.74) is 9.56. The molecule has 0 radical (unpaired) electrons. The minimum Gasteiger partial charge on any atom is -0.493 e. The van der Waals surface area contributed by atoms with Crippen LogP contribution in [0.15, 0.2) is 70.3 Å². The number of carbonyl (C=O) groups is 3. The molecule has 0 saturated carbocycles. The van der Waals surface area contributed by atoms with Crippen molar-refractivity contribution in [3.8, 4) is 11.5 Å². The van der Waals surface area contributed by atoms with Crippen molar-refractivity contribution in [3.63, 3.8) is 0 Å². The Morgan fingerprint density at radius 1 is 1.00 bits per heavy atom. The number of ether oxygens (including phenoxy) is 3. The van der Waals surface area contributed by atoms with Gasteiger partial charge in [-0.2, -0.15) is 0 Å². The highest BCUT2D eigenvalue weighted by Gasteiger charge is 2.32. The lowest BCUT2D eigenvalue weighted by molar-refractivity contribution is -0.136. The second-order valence-corrected chi connectivity index (χ2v) is 13.5. The molecular weight excluding hydrogens is 690 g/mol. The van der Waals surface area contributed by atoms with Crippen LogP contribution in [0.3, 0.4) is 0 Å². The summed E-state index contributed by atoms with van der Waals surface area (Å²) in [7, 11) is 3.09. The predicted octanol–water partition coefficient (Wildman–Crippen LogP) is 6.28. The molecule has 4 N–H and O–H groups in total. The third-order valence-corrected chi connectivity index (χ3v) is 8.17. The summed E-state index contributed by atoms with van der Waals surface area (Å²) in [4.78, 5) is 45.6. The number of hydrogen-bond donors (Lipinski definition) is 3. The second-order valence-electron chi connectivity index (χ2n) is 12.6. The van der Waals surface area contributed by atoms with Crippen LogP contribution in [0.2, 0.25) is 0 Å². The second kappa shape index (κ2) is 17.0. The fourth-order valence-electron chi connectivity index (χ4n) is 5.25. The number of carbonyl (C=O) groups excluding carboxylic acids is 3. The van der Waals surface area contributed by atoms with Gasteiger partial charge in [-0.05, 0) is 107 Å². The first-order valence-corrected chi connectivity index (χ1v) is 16.5. The standard InChI is InChI=1S/C37H46BrN5O6/c1-22-15-27(34(39)44)16-23(2)29(22)19-30(42-36(46)49-37(4,5)6)35(45)43(21-25-13-14-32(47-8)33(17-25)48-9)24(3)41-20-31(40-7)26-11-10-12-28(38)18-26/h10-18,20,24,30,41H,7,19,21H2,1-6,8-9H3,(H2,39,44)(H,42,46)/b31-20-/t24?,30-/m0/s1. The molecule has 2 atom stereocenters. The summed E-state index contributed by atoms with van der Waals surface area (Å²) in [5.74, 6) is 0.110. The zero-order valence-corrected chi connectivity index (χ0v) is 30.9. The Morgan fingerprint density at radius 2 is 1.65 bits per heavy atom. The van der Waals surface area contributed by atoms with Gasteiger partial charge in [0.25, 0.3) is 0 Å². The fraction of sp³-hybridized carbons (Fsp3) is 0.351. The van der Waals surface area contributed by atoms with Crippen molar-refractivity contribution in [1.29, 1.82) is 0 Å². The lowest BCUT2D eigenvalue weighted by Crippen LogP contribution is -2.55. The van der Waals surface area contributed by atoms with E-state index in [0.717, 1.165) is 32.3 Å². The molecule has 0 saturated heterocycles.